The zero-order valence-corrected chi connectivity index (χ0v) is 12.2. The normalized spacial score (nSPS) is 20.9. The Kier molecular flexibility index (Phi) is 5.41. The third-order valence-corrected chi connectivity index (χ3v) is 3.88. The summed E-state index contributed by atoms with van der Waals surface area (Å²) in [5.41, 5.74) is 6.82. The summed E-state index contributed by atoms with van der Waals surface area (Å²) in [4.78, 5) is 11.0. The van der Waals surface area contributed by atoms with Crippen LogP contribution in [0.25, 0.3) is 0 Å². The predicted molar refractivity (Wildman–Crippen MR) is 82.9 cm³/mol. The highest BCUT2D eigenvalue weighted by molar-refractivity contribution is 5.93. The minimum atomic E-state index is -0.382. The van der Waals surface area contributed by atoms with Crippen molar-refractivity contribution in [3.05, 3.63) is 29.8 Å². The van der Waals surface area contributed by atoms with Crippen LogP contribution >= 0.6 is 0 Å². The van der Waals surface area contributed by atoms with E-state index in [0.717, 1.165) is 18.7 Å². The van der Waals surface area contributed by atoms with Gasteiger partial charge in [-0.25, -0.2) is 0 Å². The number of rotatable bonds is 5. The average molecular weight is 275 g/mol. The Morgan fingerprint density at radius 3 is 2.80 bits per heavy atom. The van der Waals surface area contributed by atoms with Crippen molar-refractivity contribution in [2.75, 3.05) is 11.9 Å². The number of hydrogen-bond donors (Lipinski definition) is 3. The summed E-state index contributed by atoms with van der Waals surface area (Å²) in [6, 6.07) is 8.38. The zero-order chi connectivity index (χ0) is 14.4. The van der Waals surface area contributed by atoms with Gasteiger partial charge in [0.15, 0.2) is 0 Å². The van der Waals surface area contributed by atoms with Crippen molar-refractivity contribution >= 4 is 11.6 Å². The molecule has 0 bridgehead atoms. The smallest absolute Gasteiger partial charge is 0.248 e. The van der Waals surface area contributed by atoms with Gasteiger partial charge in [0.05, 0.1) is 0 Å². The molecule has 1 aliphatic heterocycles. The lowest BCUT2D eigenvalue weighted by Crippen LogP contribution is -2.33. The maximum absolute atomic E-state index is 11.0. The first-order valence-corrected chi connectivity index (χ1v) is 7.55. The molecule has 0 saturated carbocycles. The van der Waals surface area contributed by atoms with Gasteiger partial charge in [-0.3, -0.25) is 4.79 Å². The average Bonchev–Trinajstić information content (AvgIpc) is 2.68. The number of nitrogens with two attached hydrogens (primary N) is 1. The molecule has 4 nitrogen and oxygen atoms in total. The molecule has 0 spiro atoms. The minimum absolute atomic E-state index is 0.382. The van der Waals surface area contributed by atoms with Crippen molar-refractivity contribution in [3.8, 4) is 0 Å². The molecule has 110 valence electrons. The molecule has 4 N–H and O–H groups in total. The zero-order valence-electron chi connectivity index (χ0n) is 12.2. The van der Waals surface area contributed by atoms with E-state index in [9.17, 15) is 4.79 Å². The van der Waals surface area contributed by atoms with E-state index in [0.29, 0.717) is 17.6 Å². The molecule has 2 rings (SSSR count). The lowest BCUT2D eigenvalue weighted by Gasteiger charge is -2.22. The number of primary amides is 1. The van der Waals surface area contributed by atoms with E-state index in [4.69, 9.17) is 5.73 Å². The molecule has 0 aliphatic carbocycles. The van der Waals surface area contributed by atoms with Crippen molar-refractivity contribution in [1.29, 1.82) is 0 Å². The molecule has 20 heavy (non-hydrogen) atoms. The quantitative estimate of drug-likeness (QED) is 0.773. The van der Waals surface area contributed by atoms with Gasteiger partial charge in [0.2, 0.25) is 5.91 Å². The van der Waals surface area contributed by atoms with E-state index in [1.807, 2.05) is 12.1 Å². The molecular weight excluding hydrogens is 250 g/mol. The largest absolute Gasteiger partial charge is 0.383 e. The van der Waals surface area contributed by atoms with E-state index in [2.05, 4.69) is 17.6 Å². The first kappa shape index (κ1) is 14.9. The van der Waals surface area contributed by atoms with Crippen LogP contribution in [0.1, 0.15) is 49.4 Å². The fourth-order valence-electron chi connectivity index (χ4n) is 2.80. The lowest BCUT2D eigenvalue weighted by molar-refractivity contribution is 0.100. The van der Waals surface area contributed by atoms with Crippen LogP contribution in [0, 0.1) is 0 Å². The summed E-state index contributed by atoms with van der Waals surface area (Å²) in [7, 11) is 0. The van der Waals surface area contributed by atoms with Crippen LogP contribution in [0.4, 0.5) is 5.69 Å². The van der Waals surface area contributed by atoms with Gasteiger partial charge in [0.1, 0.15) is 0 Å². The standard InChI is InChI=1S/C16H25N3O/c1-12(11-15-5-3-2-4-10-18-15)19-14-8-6-13(7-9-14)16(17)20/h6-9,12,15,18-19H,2-5,10-11H2,1H3,(H2,17,20). The molecule has 2 atom stereocenters. The van der Waals surface area contributed by atoms with E-state index in [1.165, 1.54) is 25.7 Å². The molecular formula is C16H25N3O. The SMILES string of the molecule is CC(CC1CCCCCN1)Nc1ccc(C(N)=O)cc1. The highest BCUT2D eigenvalue weighted by atomic mass is 16.1. The highest BCUT2D eigenvalue weighted by Crippen LogP contribution is 2.16. The van der Waals surface area contributed by atoms with Crippen LogP contribution in [0.3, 0.4) is 0 Å². The van der Waals surface area contributed by atoms with E-state index in [-0.39, 0.29) is 5.91 Å². The van der Waals surface area contributed by atoms with Gasteiger partial charge < -0.3 is 16.4 Å². The van der Waals surface area contributed by atoms with Gasteiger partial charge >= 0.3 is 0 Å². The molecule has 1 saturated heterocycles. The van der Waals surface area contributed by atoms with Crippen LogP contribution in [0.15, 0.2) is 24.3 Å². The predicted octanol–water partition coefficient (Wildman–Crippen LogP) is 2.51. The molecule has 2 unspecified atom stereocenters. The summed E-state index contributed by atoms with van der Waals surface area (Å²) in [6.45, 7) is 3.35. The lowest BCUT2D eigenvalue weighted by atomic mass is 10.0. The minimum Gasteiger partial charge on any atom is -0.383 e. The number of nitrogens with one attached hydrogen (secondary N) is 2. The maximum atomic E-state index is 11.0. The molecule has 1 amide bonds. The number of carbonyl (C=O) groups is 1. The van der Waals surface area contributed by atoms with Gasteiger partial charge in [0, 0.05) is 23.3 Å². The fraction of sp³-hybridized carbons (Fsp3) is 0.562. The van der Waals surface area contributed by atoms with Crippen LogP contribution in [-0.4, -0.2) is 24.5 Å². The van der Waals surface area contributed by atoms with Crippen molar-refractivity contribution in [1.82, 2.24) is 5.32 Å². The number of carbonyl (C=O) groups excluding carboxylic acids is 1. The first-order chi connectivity index (χ1) is 9.65. The monoisotopic (exact) mass is 275 g/mol. The summed E-state index contributed by atoms with van der Waals surface area (Å²) in [6.07, 6.45) is 6.37. The second kappa shape index (κ2) is 7.29. The van der Waals surface area contributed by atoms with Crippen molar-refractivity contribution in [2.45, 2.75) is 51.1 Å². The van der Waals surface area contributed by atoms with E-state index in [1.54, 1.807) is 12.1 Å². The third-order valence-electron chi connectivity index (χ3n) is 3.88. The maximum Gasteiger partial charge on any atom is 0.248 e. The molecule has 1 aromatic rings. The second-order valence-corrected chi connectivity index (χ2v) is 5.72. The second-order valence-electron chi connectivity index (χ2n) is 5.72. The molecule has 0 radical (unpaired) electrons. The van der Waals surface area contributed by atoms with Gasteiger partial charge in [-0.2, -0.15) is 0 Å². The number of hydrogen-bond acceptors (Lipinski definition) is 3. The van der Waals surface area contributed by atoms with Crippen LogP contribution in [-0.2, 0) is 0 Å². The van der Waals surface area contributed by atoms with Gasteiger partial charge in [-0.05, 0) is 57.0 Å². The van der Waals surface area contributed by atoms with Gasteiger partial charge in [-0.1, -0.05) is 12.8 Å². The Hall–Kier alpha value is -1.55. The Labute approximate surface area is 121 Å². The third kappa shape index (κ3) is 4.53. The first-order valence-electron chi connectivity index (χ1n) is 7.55. The Balaban J connectivity index is 1.83. The number of amides is 1. The van der Waals surface area contributed by atoms with Crippen LogP contribution in [0.5, 0.6) is 0 Å². The summed E-state index contributed by atoms with van der Waals surface area (Å²) >= 11 is 0. The Morgan fingerprint density at radius 2 is 2.10 bits per heavy atom. The fourth-order valence-corrected chi connectivity index (χ4v) is 2.80. The van der Waals surface area contributed by atoms with Crippen molar-refractivity contribution < 1.29 is 4.79 Å². The highest BCUT2D eigenvalue weighted by Gasteiger charge is 2.14. The van der Waals surface area contributed by atoms with Crippen molar-refractivity contribution in [2.24, 2.45) is 5.73 Å². The molecule has 1 heterocycles. The molecule has 1 fully saturated rings. The topological polar surface area (TPSA) is 67.2 Å². The number of benzene rings is 1. The van der Waals surface area contributed by atoms with Crippen molar-refractivity contribution in [3.63, 3.8) is 0 Å². The van der Waals surface area contributed by atoms with E-state index < -0.39 is 0 Å². The van der Waals surface area contributed by atoms with Gasteiger partial charge in [0.25, 0.3) is 0 Å². The summed E-state index contributed by atoms with van der Waals surface area (Å²) in [5.74, 6) is -0.382. The molecule has 0 aromatic heterocycles. The Bertz CT molecular complexity index is 422. The molecule has 1 aliphatic rings. The van der Waals surface area contributed by atoms with Gasteiger partial charge in [-0.15, -0.1) is 0 Å². The number of anilines is 1. The molecule has 4 heteroatoms. The van der Waals surface area contributed by atoms with Crippen LogP contribution in [0.2, 0.25) is 0 Å². The summed E-state index contributed by atoms with van der Waals surface area (Å²) < 4.78 is 0. The molecule has 1 aromatic carbocycles. The van der Waals surface area contributed by atoms with E-state index >= 15 is 0 Å². The van der Waals surface area contributed by atoms with Crippen LogP contribution < -0.4 is 16.4 Å². The summed E-state index contributed by atoms with van der Waals surface area (Å²) in [5, 5.41) is 7.10. The Morgan fingerprint density at radius 1 is 1.35 bits per heavy atom.